The van der Waals surface area contributed by atoms with Crippen molar-refractivity contribution >= 4 is 0 Å². The van der Waals surface area contributed by atoms with E-state index in [4.69, 9.17) is 14.2 Å². The van der Waals surface area contributed by atoms with Crippen molar-refractivity contribution in [3.63, 3.8) is 0 Å². The Kier molecular flexibility index (Phi) is 11.0. The molecule has 21 heavy (non-hydrogen) atoms. The Labute approximate surface area is 128 Å². The van der Waals surface area contributed by atoms with Crippen LogP contribution >= 0.6 is 0 Å². The van der Waals surface area contributed by atoms with Crippen LogP contribution in [0.5, 0.6) is 0 Å². The Hall–Kier alpha value is -0.240. The maximum Gasteiger partial charge on any atom is 0.0897 e. The highest BCUT2D eigenvalue weighted by Gasteiger charge is 2.09. The van der Waals surface area contributed by atoms with E-state index < -0.39 is 6.10 Å². The molecule has 0 amide bonds. The van der Waals surface area contributed by atoms with Gasteiger partial charge >= 0.3 is 0 Å². The van der Waals surface area contributed by atoms with Crippen LogP contribution in [0.2, 0.25) is 0 Å². The topological polar surface area (TPSA) is 63.2 Å². The van der Waals surface area contributed by atoms with Crippen LogP contribution in [-0.2, 0) is 14.2 Å². The number of nitrogens with zero attached hydrogens (tertiary/aromatic N) is 1. The second-order valence-corrected chi connectivity index (χ2v) is 5.66. The number of ether oxygens (including phenoxy) is 3. The maximum atomic E-state index is 9.75. The molecule has 1 aliphatic rings. The average molecular weight is 304 g/mol. The summed E-state index contributed by atoms with van der Waals surface area (Å²) in [4.78, 5) is 2.42. The molecule has 1 unspecified atom stereocenters. The molecule has 1 heterocycles. The molecule has 6 nitrogen and oxygen atoms in total. The number of rotatable bonds is 12. The van der Waals surface area contributed by atoms with E-state index in [-0.39, 0.29) is 6.10 Å². The first kappa shape index (κ1) is 18.8. The van der Waals surface area contributed by atoms with Gasteiger partial charge in [0.05, 0.1) is 45.2 Å². The summed E-state index contributed by atoms with van der Waals surface area (Å²) >= 11 is 0. The van der Waals surface area contributed by atoms with E-state index in [0.717, 1.165) is 45.8 Å². The lowest BCUT2D eigenvalue weighted by Crippen LogP contribution is -2.38. The summed E-state index contributed by atoms with van der Waals surface area (Å²) in [6.45, 7) is 11.8. The predicted octanol–water partition coefficient (Wildman–Crippen LogP) is 0.101. The van der Waals surface area contributed by atoms with Gasteiger partial charge in [0.25, 0.3) is 0 Å². The predicted molar refractivity (Wildman–Crippen MR) is 82.7 cm³/mol. The van der Waals surface area contributed by atoms with Gasteiger partial charge in [-0.2, -0.15) is 0 Å². The van der Waals surface area contributed by atoms with E-state index in [1.54, 1.807) is 0 Å². The first-order chi connectivity index (χ1) is 10.2. The fourth-order valence-electron chi connectivity index (χ4n) is 2.14. The number of aliphatic hydroxyl groups is 1. The molecule has 0 aromatic rings. The van der Waals surface area contributed by atoms with Crippen molar-refractivity contribution in [3.05, 3.63) is 0 Å². The largest absolute Gasteiger partial charge is 0.389 e. The molecular weight excluding hydrogens is 272 g/mol. The van der Waals surface area contributed by atoms with Gasteiger partial charge in [0.1, 0.15) is 0 Å². The zero-order valence-corrected chi connectivity index (χ0v) is 13.6. The lowest BCUT2D eigenvalue weighted by Gasteiger charge is -2.26. The Morgan fingerprint density at radius 3 is 2.71 bits per heavy atom. The van der Waals surface area contributed by atoms with E-state index >= 15 is 0 Å². The van der Waals surface area contributed by atoms with Gasteiger partial charge in [-0.1, -0.05) is 0 Å². The van der Waals surface area contributed by atoms with Crippen LogP contribution in [0.4, 0.5) is 0 Å². The fourth-order valence-corrected chi connectivity index (χ4v) is 2.14. The highest BCUT2D eigenvalue weighted by Crippen LogP contribution is 1.97. The van der Waals surface area contributed by atoms with E-state index in [1.165, 1.54) is 0 Å². The van der Waals surface area contributed by atoms with Crippen LogP contribution in [0.15, 0.2) is 0 Å². The molecule has 1 atom stereocenters. The van der Waals surface area contributed by atoms with Crippen molar-refractivity contribution in [3.8, 4) is 0 Å². The molecule has 1 rings (SSSR count). The lowest BCUT2D eigenvalue weighted by atomic mass is 10.3. The van der Waals surface area contributed by atoms with Crippen molar-refractivity contribution in [1.29, 1.82) is 0 Å². The summed E-state index contributed by atoms with van der Waals surface area (Å²) in [5.41, 5.74) is 0. The third kappa shape index (κ3) is 11.0. The number of morpholine rings is 1. The first-order valence-corrected chi connectivity index (χ1v) is 8.06. The third-order valence-electron chi connectivity index (χ3n) is 3.30. The summed E-state index contributed by atoms with van der Waals surface area (Å²) in [5, 5.41) is 13.0. The van der Waals surface area contributed by atoms with Crippen LogP contribution in [0.3, 0.4) is 0 Å². The molecule has 0 radical (unpaired) electrons. The van der Waals surface area contributed by atoms with Gasteiger partial charge in [-0.05, 0) is 33.4 Å². The summed E-state index contributed by atoms with van der Waals surface area (Å²) in [6.07, 6.45) is 0.870. The highest BCUT2D eigenvalue weighted by atomic mass is 16.5. The molecular formula is C15H32N2O4. The van der Waals surface area contributed by atoms with E-state index in [9.17, 15) is 5.11 Å². The minimum Gasteiger partial charge on any atom is -0.389 e. The third-order valence-corrected chi connectivity index (χ3v) is 3.30. The number of aliphatic hydroxyl groups excluding tert-OH is 1. The Bertz CT molecular complexity index is 236. The second kappa shape index (κ2) is 12.3. The van der Waals surface area contributed by atoms with Gasteiger partial charge in [-0.3, -0.25) is 4.90 Å². The molecule has 0 saturated carbocycles. The summed E-state index contributed by atoms with van der Waals surface area (Å²) in [7, 11) is 0. The quantitative estimate of drug-likeness (QED) is 0.499. The summed E-state index contributed by atoms with van der Waals surface area (Å²) in [5.74, 6) is 0. The minimum atomic E-state index is -0.451. The molecule has 126 valence electrons. The molecule has 1 saturated heterocycles. The molecule has 2 N–H and O–H groups in total. The molecule has 0 bridgehead atoms. The van der Waals surface area contributed by atoms with Crippen LogP contribution < -0.4 is 5.32 Å². The molecule has 6 heteroatoms. The van der Waals surface area contributed by atoms with Crippen LogP contribution in [0, 0.1) is 0 Å². The van der Waals surface area contributed by atoms with Gasteiger partial charge in [0, 0.05) is 19.6 Å². The van der Waals surface area contributed by atoms with Gasteiger partial charge in [0.15, 0.2) is 0 Å². The van der Waals surface area contributed by atoms with Crippen LogP contribution in [0.25, 0.3) is 0 Å². The smallest absolute Gasteiger partial charge is 0.0897 e. The Balaban J connectivity index is 1.83. The number of hydrogen-bond donors (Lipinski definition) is 2. The van der Waals surface area contributed by atoms with Crippen molar-refractivity contribution in [2.75, 3.05) is 65.8 Å². The number of hydrogen-bond acceptors (Lipinski definition) is 6. The Morgan fingerprint density at radius 1 is 1.24 bits per heavy atom. The van der Waals surface area contributed by atoms with E-state index in [0.29, 0.717) is 26.4 Å². The molecule has 1 fully saturated rings. The highest BCUT2D eigenvalue weighted by molar-refractivity contribution is 4.64. The zero-order chi connectivity index (χ0) is 15.3. The van der Waals surface area contributed by atoms with Crippen molar-refractivity contribution in [2.45, 2.75) is 32.5 Å². The monoisotopic (exact) mass is 304 g/mol. The molecule has 0 aliphatic carbocycles. The standard InChI is InChI=1S/C15H32N2O4/c1-14(2)21-11-10-20-13-15(18)12-16-4-3-5-17-6-8-19-9-7-17/h14-16,18H,3-13H2,1-2H3. The van der Waals surface area contributed by atoms with Gasteiger partial charge in [-0.15, -0.1) is 0 Å². The fraction of sp³-hybridized carbons (Fsp3) is 1.00. The van der Waals surface area contributed by atoms with Crippen molar-refractivity contribution < 1.29 is 19.3 Å². The second-order valence-electron chi connectivity index (χ2n) is 5.66. The zero-order valence-electron chi connectivity index (χ0n) is 13.6. The van der Waals surface area contributed by atoms with E-state index in [1.807, 2.05) is 13.8 Å². The molecule has 0 aromatic heterocycles. The maximum absolute atomic E-state index is 9.75. The van der Waals surface area contributed by atoms with Crippen molar-refractivity contribution in [1.82, 2.24) is 10.2 Å². The SMILES string of the molecule is CC(C)OCCOCC(O)CNCCCN1CCOCC1. The van der Waals surface area contributed by atoms with Gasteiger partial charge in [-0.25, -0.2) is 0 Å². The average Bonchev–Trinajstić information content (AvgIpc) is 2.47. The molecule has 1 aliphatic heterocycles. The van der Waals surface area contributed by atoms with Crippen LogP contribution in [-0.4, -0.2) is 88.0 Å². The lowest BCUT2D eigenvalue weighted by molar-refractivity contribution is -0.00999. The minimum absolute atomic E-state index is 0.228. The normalized spacial score (nSPS) is 18.3. The van der Waals surface area contributed by atoms with E-state index in [2.05, 4.69) is 10.2 Å². The van der Waals surface area contributed by atoms with Crippen molar-refractivity contribution in [2.24, 2.45) is 0 Å². The summed E-state index contributed by atoms with van der Waals surface area (Å²) in [6, 6.07) is 0. The molecule has 0 spiro atoms. The Morgan fingerprint density at radius 2 is 2.00 bits per heavy atom. The van der Waals surface area contributed by atoms with Gasteiger partial charge in [0.2, 0.25) is 0 Å². The first-order valence-electron chi connectivity index (χ1n) is 8.06. The van der Waals surface area contributed by atoms with Crippen LogP contribution in [0.1, 0.15) is 20.3 Å². The molecule has 0 aromatic carbocycles. The summed E-state index contributed by atoms with van der Waals surface area (Å²) < 4.78 is 16.0. The van der Waals surface area contributed by atoms with Gasteiger partial charge < -0.3 is 24.6 Å². The number of nitrogens with one attached hydrogen (secondary N) is 1.